The van der Waals surface area contributed by atoms with E-state index in [-0.39, 0.29) is 11.7 Å². The lowest BCUT2D eigenvalue weighted by molar-refractivity contribution is -0.116. The quantitative estimate of drug-likeness (QED) is 0.692. The zero-order chi connectivity index (χ0) is 18.7. The number of hydrogen-bond acceptors (Lipinski definition) is 4. The molecule has 3 rings (SSSR count). The van der Waals surface area contributed by atoms with Gasteiger partial charge in [0.25, 0.3) is 0 Å². The van der Waals surface area contributed by atoms with Gasteiger partial charge in [0.2, 0.25) is 5.91 Å². The number of hydrogen-bond donors (Lipinski definition) is 0. The third-order valence-electron chi connectivity index (χ3n) is 4.16. The third-order valence-corrected chi connectivity index (χ3v) is 7.35. The van der Waals surface area contributed by atoms with Gasteiger partial charge in [-0.1, -0.05) is 47.1 Å². The van der Waals surface area contributed by atoms with Crippen LogP contribution in [0.5, 0.6) is 0 Å². The number of carbonyl (C=O) groups is 1. The fraction of sp³-hybridized carbons (Fsp3) is 0.316. The summed E-state index contributed by atoms with van der Waals surface area (Å²) < 4.78 is 25.9. The van der Waals surface area contributed by atoms with Crippen LogP contribution in [0.25, 0.3) is 0 Å². The molecule has 0 N–H and O–H groups in total. The average Bonchev–Trinajstić information content (AvgIpc) is 2.72. The van der Waals surface area contributed by atoms with Gasteiger partial charge in [0.05, 0.1) is 11.4 Å². The molecule has 0 aromatic heterocycles. The number of carbonyl (C=O) groups excluding carboxylic acids is 1. The van der Waals surface area contributed by atoms with Crippen LogP contribution in [0.1, 0.15) is 18.9 Å². The van der Waals surface area contributed by atoms with E-state index in [0.717, 1.165) is 21.5 Å². The first kappa shape index (κ1) is 19.5. The summed E-state index contributed by atoms with van der Waals surface area (Å²) in [6, 6.07) is 14.8. The van der Waals surface area contributed by atoms with Crippen LogP contribution in [0.4, 0.5) is 5.69 Å². The van der Waals surface area contributed by atoms with Gasteiger partial charge in [0.1, 0.15) is 5.75 Å². The van der Waals surface area contributed by atoms with Crippen LogP contribution in [0.2, 0.25) is 0 Å². The maximum absolute atomic E-state index is 12.8. The van der Waals surface area contributed by atoms with Crippen molar-refractivity contribution in [3.63, 3.8) is 0 Å². The molecule has 1 atom stereocenters. The Morgan fingerprint density at radius 2 is 2.00 bits per heavy atom. The molecule has 2 aromatic rings. The van der Waals surface area contributed by atoms with Crippen LogP contribution in [-0.4, -0.2) is 31.9 Å². The van der Waals surface area contributed by atoms with Crippen molar-refractivity contribution in [1.82, 2.24) is 0 Å². The van der Waals surface area contributed by atoms with E-state index in [4.69, 9.17) is 0 Å². The summed E-state index contributed by atoms with van der Waals surface area (Å²) in [4.78, 5) is 15.5. The standard InChI is InChI=1S/C19H20BrNO3S2/c1-14-9-10-21(17-7-2-3-8-18(17)25-14)19(22)13-26(23,24)12-15-5-4-6-16(20)11-15/h2-8,11,14H,9-10,12-13H2,1H3. The lowest BCUT2D eigenvalue weighted by atomic mass is 10.2. The van der Waals surface area contributed by atoms with E-state index in [2.05, 4.69) is 22.9 Å². The predicted molar refractivity (Wildman–Crippen MR) is 110 cm³/mol. The highest BCUT2D eigenvalue weighted by Crippen LogP contribution is 2.37. The van der Waals surface area contributed by atoms with Gasteiger partial charge in [-0.25, -0.2) is 8.42 Å². The topological polar surface area (TPSA) is 54.5 Å². The van der Waals surface area contributed by atoms with Crippen LogP contribution in [0, 0.1) is 0 Å². The van der Waals surface area contributed by atoms with Crippen LogP contribution in [-0.2, 0) is 20.4 Å². The van der Waals surface area contributed by atoms with Crippen molar-refractivity contribution >= 4 is 49.1 Å². The Labute approximate surface area is 167 Å². The fourth-order valence-electron chi connectivity index (χ4n) is 2.94. The highest BCUT2D eigenvalue weighted by Gasteiger charge is 2.27. The molecule has 4 nitrogen and oxygen atoms in total. The van der Waals surface area contributed by atoms with Gasteiger partial charge < -0.3 is 4.90 Å². The molecule has 26 heavy (non-hydrogen) atoms. The van der Waals surface area contributed by atoms with Crippen LogP contribution < -0.4 is 4.90 Å². The Morgan fingerprint density at radius 1 is 1.23 bits per heavy atom. The van der Waals surface area contributed by atoms with Gasteiger partial charge in [-0.15, -0.1) is 11.8 Å². The Bertz CT molecular complexity index is 915. The van der Waals surface area contributed by atoms with Gasteiger partial charge >= 0.3 is 0 Å². The molecule has 1 amide bonds. The largest absolute Gasteiger partial charge is 0.310 e. The van der Waals surface area contributed by atoms with Crippen molar-refractivity contribution < 1.29 is 13.2 Å². The number of halogens is 1. The van der Waals surface area contributed by atoms with Crippen molar-refractivity contribution in [1.29, 1.82) is 0 Å². The minimum Gasteiger partial charge on any atom is -0.310 e. The number of nitrogens with zero attached hydrogens (tertiary/aromatic N) is 1. The molecule has 1 aliphatic rings. The lowest BCUT2D eigenvalue weighted by Crippen LogP contribution is -2.37. The van der Waals surface area contributed by atoms with Gasteiger partial charge in [-0.2, -0.15) is 0 Å². The summed E-state index contributed by atoms with van der Waals surface area (Å²) in [6.45, 7) is 2.66. The molecule has 0 fully saturated rings. The fourth-order valence-corrected chi connectivity index (χ4v) is 5.82. The van der Waals surface area contributed by atoms with E-state index in [1.54, 1.807) is 34.9 Å². The molecular formula is C19H20BrNO3S2. The second-order valence-corrected chi connectivity index (χ2v) is 10.9. The smallest absolute Gasteiger partial charge is 0.242 e. The normalized spacial score (nSPS) is 17.5. The summed E-state index contributed by atoms with van der Waals surface area (Å²) in [5.74, 6) is -0.978. The Morgan fingerprint density at radius 3 is 2.77 bits per heavy atom. The molecule has 0 spiro atoms. The minimum absolute atomic E-state index is 0.140. The summed E-state index contributed by atoms with van der Waals surface area (Å²) in [5, 5.41) is 0.382. The molecule has 138 valence electrons. The van der Waals surface area contributed by atoms with Gasteiger partial charge in [-0.3, -0.25) is 4.79 Å². The first-order chi connectivity index (χ1) is 12.3. The number of benzene rings is 2. The SMILES string of the molecule is CC1CCN(C(=O)CS(=O)(=O)Cc2cccc(Br)c2)c2ccccc2S1. The molecule has 1 aliphatic heterocycles. The van der Waals surface area contributed by atoms with E-state index in [1.165, 1.54) is 0 Å². The first-order valence-corrected chi connectivity index (χ1v) is 11.8. The Kier molecular flexibility index (Phi) is 6.10. The predicted octanol–water partition coefficient (Wildman–Crippen LogP) is 4.28. The van der Waals surface area contributed by atoms with Gasteiger partial charge in [0.15, 0.2) is 9.84 Å². The van der Waals surface area contributed by atoms with Crippen molar-refractivity contribution in [3.05, 3.63) is 58.6 Å². The lowest BCUT2D eigenvalue weighted by Gasteiger charge is -2.22. The number of thioether (sulfide) groups is 1. The van der Waals surface area contributed by atoms with E-state index in [1.807, 2.05) is 30.3 Å². The molecular weight excluding hydrogens is 434 g/mol. The average molecular weight is 454 g/mol. The van der Waals surface area contributed by atoms with E-state index >= 15 is 0 Å². The van der Waals surface area contributed by atoms with E-state index < -0.39 is 15.6 Å². The molecule has 1 unspecified atom stereocenters. The number of para-hydroxylation sites is 1. The molecule has 1 heterocycles. The van der Waals surface area contributed by atoms with Crippen molar-refractivity contribution in [2.24, 2.45) is 0 Å². The molecule has 0 aliphatic carbocycles. The molecule has 0 bridgehead atoms. The first-order valence-electron chi connectivity index (χ1n) is 8.35. The van der Waals surface area contributed by atoms with Crippen molar-refractivity contribution in [2.75, 3.05) is 17.2 Å². The van der Waals surface area contributed by atoms with Gasteiger partial charge in [-0.05, 0) is 36.2 Å². The molecule has 0 radical (unpaired) electrons. The maximum atomic E-state index is 12.8. The molecule has 7 heteroatoms. The second-order valence-electron chi connectivity index (χ2n) is 6.39. The van der Waals surface area contributed by atoms with E-state index in [9.17, 15) is 13.2 Å². The second kappa shape index (κ2) is 8.15. The molecule has 0 saturated heterocycles. The minimum atomic E-state index is -3.55. The van der Waals surface area contributed by atoms with Crippen molar-refractivity contribution in [2.45, 2.75) is 29.2 Å². The van der Waals surface area contributed by atoms with Gasteiger partial charge in [0, 0.05) is 21.2 Å². The summed E-state index contributed by atoms with van der Waals surface area (Å²) in [7, 11) is -3.55. The number of fused-ring (bicyclic) bond motifs is 1. The summed E-state index contributed by atoms with van der Waals surface area (Å²) in [5.41, 5.74) is 1.48. The Hall–Kier alpha value is -1.31. The van der Waals surface area contributed by atoms with E-state index in [0.29, 0.717) is 17.4 Å². The van der Waals surface area contributed by atoms with Crippen LogP contribution >= 0.6 is 27.7 Å². The zero-order valence-corrected chi connectivity index (χ0v) is 17.6. The Balaban J connectivity index is 1.79. The molecule has 0 saturated carbocycles. The maximum Gasteiger partial charge on any atom is 0.242 e. The zero-order valence-electron chi connectivity index (χ0n) is 14.4. The third kappa shape index (κ3) is 4.90. The highest BCUT2D eigenvalue weighted by molar-refractivity contribution is 9.10. The highest BCUT2D eigenvalue weighted by atomic mass is 79.9. The molecule has 2 aromatic carbocycles. The monoisotopic (exact) mass is 453 g/mol. The number of amides is 1. The van der Waals surface area contributed by atoms with Crippen molar-refractivity contribution in [3.8, 4) is 0 Å². The van der Waals surface area contributed by atoms with Crippen LogP contribution in [0.3, 0.4) is 0 Å². The summed E-state index contributed by atoms with van der Waals surface area (Å²) >= 11 is 5.07. The number of sulfone groups is 1. The summed E-state index contributed by atoms with van der Waals surface area (Å²) in [6.07, 6.45) is 0.830. The number of anilines is 1. The van der Waals surface area contributed by atoms with Crippen LogP contribution in [0.15, 0.2) is 57.9 Å². The number of rotatable bonds is 4.